The van der Waals surface area contributed by atoms with Crippen molar-refractivity contribution >= 4 is 11.8 Å². The fourth-order valence-corrected chi connectivity index (χ4v) is 2.73. The smallest absolute Gasteiger partial charge is 0.267 e. The van der Waals surface area contributed by atoms with Crippen molar-refractivity contribution in [3.63, 3.8) is 0 Å². The first-order valence-corrected chi connectivity index (χ1v) is 8.15. The second kappa shape index (κ2) is 7.29. The summed E-state index contributed by atoms with van der Waals surface area (Å²) in [6, 6.07) is 9.97. The minimum Gasteiger partial charge on any atom is -0.267 e. The molecule has 0 unspecified atom stereocenters. The van der Waals surface area contributed by atoms with Crippen LogP contribution in [-0.2, 0) is 13.0 Å². The van der Waals surface area contributed by atoms with Crippen molar-refractivity contribution in [1.29, 1.82) is 0 Å². The molecule has 4 heteroatoms. The second-order valence-corrected chi connectivity index (χ2v) is 5.59. The van der Waals surface area contributed by atoms with Crippen LogP contribution < -0.4 is 5.56 Å². The van der Waals surface area contributed by atoms with Crippen LogP contribution in [-0.4, -0.2) is 16.0 Å². The molecule has 0 amide bonds. The van der Waals surface area contributed by atoms with E-state index in [-0.39, 0.29) is 5.56 Å². The lowest BCUT2D eigenvalue weighted by atomic mass is 10.1. The molecular formula is C16H20N2OS. The van der Waals surface area contributed by atoms with Crippen molar-refractivity contribution in [3.8, 4) is 0 Å². The lowest BCUT2D eigenvalue weighted by Crippen LogP contribution is -2.27. The van der Waals surface area contributed by atoms with Crippen molar-refractivity contribution in [2.24, 2.45) is 0 Å². The highest BCUT2D eigenvalue weighted by Crippen LogP contribution is 2.17. The number of nitrogens with zero attached hydrogens (tertiary/aromatic N) is 2. The fraction of sp³-hybridized carbons (Fsp3) is 0.375. The molecule has 0 radical (unpaired) electrons. The molecule has 0 aliphatic heterocycles. The zero-order valence-corrected chi connectivity index (χ0v) is 12.8. The van der Waals surface area contributed by atoms with Gasteiger partial charge in [-0.25, -0.2) is 4.68 Å². The molecular weight excluding hydrogens is 268 g/mol. The number of rotatable bonds is 6. The largest absolute Gasteiger partial charge is 0.271 e. The predicted octanol–water partition coefficient (Wildman–Crippen LogP) is 3.36. The summed E-state index contributed by atoms with van der Waals surface area (Å²) in [6.45, 7) is 2.68. The zero-order chi connectivity index (χ0) is 14.4. The van der Waals surface area contributed by atoms with E-state index in [0.717, 1.165) is 35.3 Å². The summed E-state index contributed by atoms with van der Waals surface area (Å²) < 4.78 is 1.57. The third-order valence-electron chi connectivity index (χ3n) is 3.28. The van der Waals surface area contributed by atoms with Gasteiger partial charge >= 0.3 is 0 Å². The molecule has 0 aliphatic rings. The van der Waals surface area contributed by atoms with E-state index in [1.807, 2.05) is 42.8 Å². The Labute approximate surface area is 124 Å². The van der Waals surface area contributed by atoms with Gasteiger partial charge in [-0.2, -0.15) is 5.10 Å². The molecule has 3 nitrogen and oxygen atoms in total. The van der Waals surface area contributed by atoms with Crippen molar-refractivity contribution in [3.05, 3.63) is 58.0 Å². The van der Waals surface area contributed by atoms with Crippen LogP contribution in [0.5, 0.6) is 0 Å². The molecule has 0 saturated carbocycles. The van der Waals surface area contributed by atoms with E-state index in [1.165, 1.54) is 0 Å². The van der Waals surface area contributed by atoms with E-state index in [4.69, 9.17) is 0 Å². The number of hydrogen-bond donors (Lipinski definition) is 0. The monoisotopic (exact) mass is 288 g/mol. The fourth-order valence-electron chi connectivity index (χ4n) is 2.14. The summed E-state index contributed by atoms with van der Waals surface area (Å²) in [5.74, 6) is 0. The number of benzene rings is 1. The Balaban J connectivity index is 2.33. The summed E-state index contributed by atoms with van der Waals surface area (Å²) in [5, 5.41) is 4.30. The zero-order valence-electron chi connectivity index (χ0n) is 12.0. The van der Waals surface area contributed by atoms with Gasteiger partial charge in [0, 0.05) is 10.5 Å². The average Bonchev–Trinajstić information content (AvgIpc) is 2.49. The minimum absolute atomic E-state index is 0.0501. The van der Waals surface area contributed by atoms with E-state index in [1.54, 1.807) is 16.4 Å². The van der Waals surface area contributed by atoms with Crippen LogP contribution in [0.25, 0.3) is 0 Å². The molecule has 0 saturated heterocycles. The maximum absolute atomic E-state index is 12.5. The number of thioether (sulfide) groups is 1. The highest BCUT2D eigenvalue weighted by Gasteiger charge is 2.10. The highest BCUT2D eigenvalue weighted by atomic mass is 32.2. The van der Waals surface area contributed by atoms with Crippen molar-refractivity contribution in [1.82, 2.24) is 9.78 Å². The van der Waals surface area contributed by atoms with Gasteiger partial charge in [-0.15, -0.1) is 11.8 Å². The molecule has 2 rings (SSSR count). The van der Waals surface area contributed by atoms with Gasteiger partial charge < -0.3 is 0 Å². The van der Waals surface area contributed by atoms with Crippen LogP contribution in [0.2, 0.25) is 0 Å². The molecule has 20 heavy (non-hydrogen) atoms. The second-order valence-electron chi connectivity index (χ2n) is 4.74. The third-order valence-corrected chi connectivity index (χ3v) is 4.07. The lowest BCUT2D eigenvalue weighted by molar-refractivity contribution is 0.612. The Hall–Kier alpha value is -1.55. The summed E-state index contributed by atoms with van der Waals surface area (Å²) in [6.07, 6.45) is 6.78. The first-order valence-electron chi connectivity index (χ1n) is 6.93. The molecule has 0 aliphatic carbocycles. The number of aromatic nitrogens is 2. The Morgan fingerprint density at radius 3 is 2.65 bits per heavy atom. The summed E-state index contributed by atoms with van der Waals surface area (Å²) in [5.41, 5.74) is 2.06. The predicted molar refractivity (Wildman–Crippen MR) is 84.4 cm³/mol. The van der Waals surface area contributed by atoms with Crippen molar-refractivity contribution in [2.75, 3.05) is 6.26 Å². The number of hydrogen-bond acceptors (Lipinski definition) is 3. The molecule has 2 aromatic rings. The molecule has 0 N–H and O–H groups in total. The SMILES string of the molecule is CCCCc1c(SC)cnn(Cc2ccccc2)c1=O. The first-order chi connectivity index (χ1) is 9.76. The molecule has 0 bridgehead atoms. The molecule has 0 fully saturated rings. The van der Waals surface area contributed by atoms with E-state index in [2.05, 4.69) is 12.0 Å². The van der Waals surface area contributed by atoms with Crippen LogP contribution in [0.1, 0.15) is 30.9 Å². The normalized spacial score (nSPS) is 10.7. The van der Waals surface area contributed by atoms with Crippen molar-refractivity contribution in [2.45, 2.75) is 37.6 Å². The minimum atomic E-state index is 0.0501. The molecule has 0 spiro atoms. The Morgan fingerprint density at radius 1 is 1.25 bits per heavy atom. The molecule has 1 heterocycles. The van der Waals surface area contributed by atoms with Crippen LogP contribution in [0, 0.1) is 0 Å². The Bertz CT molecular complexity index is 608. The topological polar surface area (TPSA) is 34.9 Å². The van der Waals surface area contributed by atoms with E-state index in [0.29, 0.717) is 6.54 Å². The lowest BCUT2D eigenvalue weighted by Gasteiger charge is -2.10. The Morgan fingerprint density at radius 2 is 2.00 bits per heavy atom. The summed E-state index contributed by atoms with van der Waals surface area (Å²) in [7, 11) is 0. The van der Waals surface area contributed by atoms with Gasteiger partial charge in [0.25, 0.3) is 5.56 Å². The average molecular weight is 288 g/mol. The van der Waals surface area contributed by atoms with Gasteiger partial charge in [0.2, 0.25) is 0 Å². The van der Waals surface area contributed by atoms with E-state index < -0.39 is 0 Å². The van der Waals surface area contributed by atoms with Gasteiger partial charge in [0.1, 0.15) is 0 Å². The van der Waals surface area contributed by atoms with Crippen LogP contribution in [0.15, 0.2) is 46.2 Å². The first kappa shape index (κ1) is 14.9. The van der Waals surface area contributed by atoms with E-state index >= 15 is 0 Å². The molecule has 0 atom stereocenters. The quantitative estimate of drug-likeness (QED) is 0.765. The summed E-state index contributed by atoms with van der Waals surface area (Å²) >= 11 is 1.60. The van der Waals surface area contributed by atoms with Crippen molar-refractivity contribution < 1.29 is 0 Å². The molecule has 106 valence electrons. The van der Waals surface area contributed by atoms with Gasteiger partial charge in [-0.1, -0.05) is 43.7 Å². The Kier molecular flexibility index (Phi) is 5.41. The van der Waals surface area contributed by atoms with E-state index in [9.17, 15) is 4.79 Å². The van der Waals surface area contributed by atoms with Gasteiger partial charge in [0.05, 0.1) is 12.7 Å². The van der Waals surface area contributed by atoms with Crippen LogP contribution in [0.3, 0.4) is 0 Å². The molecule has 1 aromatic heterocycles. The maximum Gasteiger partial charge on any atom is 0.271 e. The number of unbranched alkanes of at least 4 members (excludes halogenated alkanes) is 1. The van der Waals surface area contributed by atoms with Crippen LogP contribution in [0.4, 0.5) is 0 Å². The standard InChI is InChI=1S/C16H20N2OS/c1-3-4-10-14-15(20-2)11-17-18(16(14)19)12-13-8-6-5-7-9-13/h5-9,11H,3-4,10,12H2,1-2H3. The third kappa shape index (κ3) is 3.51. The van der Waals surface area contributed by atoms with Gasteiger partial charge in [-0.05, 0) is 24.7 Å². The molecule has 1 aromatic carbocycles. The van der Waals surface area contributed by atoms with Gasteiger partial charge in [-0.3, -0.25) is 4.79 Å². The maximum atomic E-state index is 12.5. The summed E-state index contributed by atoms with van der Waals surface area (Å²) in [4.78, 5) is 13.6. The van der Waals surface area contributed by atoms with Crippen LogP contribution >= 0.6 is 11.8 Å². The van der Waals surface area contributed by atoms with Gasteiger partial charge in [0.15, 0.2) is 0 Å². The highest BCUT2D eigenvalue weighted by molar-refractivity contribution is 7.98.